The standard InChI is InChI=1S/C9H16N2/c1-8(2)11-6-4-9(10-3)5-7-11/h8-9H,4-7H2,1-2H3. The topological polar surface area (TPSA) is 7.60 Å². The van der Waals surface area contributed by atoms with E-state index >= 15 is 0 Å². The lowest BCUT2D eigenvalue weighted by Crippen LogP contribution is -2.39. The average Bonchev–Trinajstić information content (AvgIpc) is 2.05. The van der Waals surface area contributed by atoms with Crippen LogP contribution < -0.4 is 0 Å². The maximum atomic E-state index is 6.88. The fourth-order valence-corrected chi connectivity index (χ4v) is 1.53. The molecule has 0 unspecified atom stereocenters. The molecule has 0 saturated carbocycles. The molecule has 1 fully saturated rings. The van der Waals surface area contributed by atoms with E-state index in [0.717, 1.165) is 25.9 Å². The van der Waals surface area contributed by atoms with Crippen molar-refractivity contribution >= 4 is 0 Å². The molecule has 2 heteroatoms. The smallest absolute Gasteiger partial charge is 0.226 e. The third kappa shape index (κ3) is 2.20. The molecule has 0 aromatic rings. The highest BCUT2D eigenvalue weighted by Crippen LogP contribution is 2.14. The Morgan fingerprint density at radius 1 is 1.36 bits per heavy atom. The molecular formula is C9H16N2. The molecule has 0 atom stereocenters. The summed E-state index contributed by atoms with van der Waals surface area (Å²) in [5, 5.41) is 0. The lowest BCUT2D eigenvalue weighted by atomic mass is 10.0. The molecule has 0 N–H and O–H groups in total. The van der Waals surface area contributed by atoms with Crippen molar-refractivity contribution < 1.29 is 0 Å². The first-order valence-corrected chi connectivity index (χ1v) is 4.34. The Hall–Kier alpha value is -0.550. The largest absolute Gasteiger partial charge is 0.314 e. The van der Waals surface area contributed by atoms with Crippen molar-refractivity contribution in [3.63, 3.8) is 0 Å². The van der Waals surface area contributed by atoms with Gasteiger partial charge in [0.05, 0.1) is 0 Å². The zero-order chi connectivity index (χ0) is 8.27. The molecule has 0 aromatic heterocycles. The van der Waals surface area contributed by atoms with Crippen LogP contribution >= 0.6 is 0 Å². The minimum Gasteiger partial charge on any atom is -0.314 e. The predicted molar refractivity (Wildman–Crippen MR) is 46.3 cm³/mol. The minimum absolute atomic E-state index is 0.310. The van der Waals surface area contributed by atoms with Gasteiger partial charge in [-0.15, -0.1) is 0 Å². The Balaban J connectivity index is 2.31. The van der Waals surface area contributed by atoms with E-state index in [1.807, 2.05) is 0 Å². The summed E-state index contributed by atoms with van der Waals surface area (Å²) in [6.45, 7) is 13.5. The van der Waals surface area contributed by atoms with Crippen LogP contribution in [0.3, 0.4) is 0 Å². The number of likely N-dealkylation sites (tertiary alicyclic amines) is 1. The molecule has 1 saturated heterocycles. The Bertz CT molecular complexity index is 149. The quantitative estimate of drug-likeness (QED) is 0.520. The normalized spacial score (nSPS) is 22.0. The summed E-state index contributed by atoms with van der Waals surface area (Å²) >= 11 is 0. The second kappa shape index (κ2) is 3.73. The van der Waals surface area contributed by atoms with Crippen LogP contribution in [0.25, 0.3) is 4.85 Å². The van der Waals surface area contributed by atoms with Gasteiger partial charge in [-0.3, -0.25) is 0 Å². The van der Waals surface area contributed by atoms with E-state index in [-0.39, 0.29) is 0 Å². The van der Waals surface area contributed by atoms with E-state index in [1.54, 1.807) is 0 Å². The summed E-state index contributed by atoms with van der Waals surface area (Å²) < 4.78 is 0. The molecule has 0 amide bonds. The summed E-state index contributed by atoms with van der Waals surface area (Å²) in [6, 6.07) is 0.965. The molecule has 0 aromatic carbocycles. The Kier molecular flexibility index (Phi) is 2.90. The Morgan fingerprint density at radius 2 is 1.91 bits per heavy atom. The number of piperidine rings is 1. The molecule has 1 aliphatic heterocycles. The number of nitrogens with zero attached hydrogens (tertiary/aromatic N) is 2. The van der Waals surface area contributed by atoms with Crippen molar-refractivity contribution in [3.05, 3.63) is 11.4 Å². The van der Waals surface area contributed by atoms with Crippen LogP contribution in [0.2, 0.25) is 0 Å². The lowest BCUT2D eigenvalue weighted by molar-refractivity contribution is 0.181. The predicted octanol–water partition coefficient (Wildman–Crippen LogP) is 1.78. The van der Waals surface area contributed by atoms with E-state index in [9.17, 15) is 0 Å². The molecule has 62 valence electrons. The molecular weight excluding hydrogens is 136 g/mol. The molecule has 1 aliphatic rings. The summed E-state index contributed by atoms with van der Waals surface area (Å²) in [7, 11) is 0. The monoisotopic (exact) mass is 152 g/mol. The second-order valence-electron chi connectivity index (χ2n) is 3.49. The van der Waals surface area contributed by atoms with Crippen LogP contribution in [-0.4, -0.2) is 30.1 Å². The van der Waals surface area contributed by atoms with E-state index in [2.05, 4.69) is 23.6 Å². The SMILES string of the molecule is [C-]#[N+]C1CCN(C(C)C)CC1. The molecule has 11 heavy (non-hydrogen) atoms. The minimum atomic E-state index is 0.310. The molecule has 0 aliphatic carbocycles. The number of hydrogen-bond acceptors (Lipinski definition) is 1. The summed E-state index contributed by atoms with van der Waals surface area (Å²) in [4.78, 5) is 6.01. The van der Waals surface area contributed by atoms with Gasteiger partial charge in [0.1, 0.15) is 0 Å². The summed E-state index contributed by atoms with van der Waals surface area (Å²) in [5.41, 5.74) is 0. The second-order valence-corrected chi connectivity index (χ2v) is 3.49. The van der Waals surface area contributed by atoms with E-state index < -0.39 is 0 Å². The Labute approximate surface area is 69.0 Å². The number of hydrogen-bond donors (Lipinski definition) is 0. The highest BCUT2D eigenvalue weighted by atomic mass is 15.2. The van der Waals surface area contributed by atoms with Crippen molar-refractivity contribution in [1.82, 2.24) is 4.90 Å². The van der Waals surface area contributed by atoms with Gasteiger partial charge in [0.15, 0.2) is 0 Å². The van der Waals surface area contributed by atoms with Crippen LogP contribution in [0.1, 0.15) is 26.7 Å². The van der Waals surface area contributed by atoms with Crippen LogP contribution in [0, 0.1) is 6.57 Å². The fourth-order valence-electron chi connectivity index (χ4n) is 1.53. The molecule has 0 radical (unpaired) electrons. The van der Waals surface area contributed by atoms with Gasteiger partial charge < -0.3 is 9.74 Å². The summed E-state index contributed by atoms with van der Waals surface area (Å²) in [6.07, 6.45) is 2.14. The average molecular weight is 152 g/mol. The highest BCUT2D eigenvalue weighted by Gasteiger charge is 2.23. The molecule has 2 nitrogen and oxygen atoms in total. The van der Waals surface area contributed by atoms with Crippen molar-refractivity contribution in [2.45, 2.75) is 38.8 Å². The first-order valence-electron chi connectivity index (χ1n) is 4.34. The van der Waals surface area contributed by atoms with Gasteiger partial charge in [-0.1, -0.05) is 0 Å². The summed E-state index contributed by atoms with van der Waals surface area (Å²) in [5.74, 6) is 0. The van der Waals surface area contributed by atoms with Crippen LogP contribution in [0.15, 0.2) is 0 Å². The molecule has 0 spiro atoms. The van der Waals surface area contributed by atoms with Gasteiger partial charge in [-0.05, 0) is 13.8 Å². The van der Waals surface area contributed by atoms with Crippen molar-refractivity contribution in [2.75, 3.05) is 13.1 Å². The van der Waals surface area contributed by atoms with E-state index in [0.29, 0.717) is 12.1 Å². The maximum Gasteiger partial charge on any atom is 0.226 e. The fraction of sp³-hybridized carbons (Fsp3) is 0.889. The third-order valence-electron chi connectivity index (χ3n) is 2.41. The van der Waals surface area contributed by atoms with Gasteiger partial charge in [-0.25, -0.2) is 6.57 Å². The molecule has 1 rings (SSSR count). The zero-order valence-corrected chi connectivity index (χ0v) is 7.38. The van der Waals surface area contributed by atoms with Gasteiger partial charge in [-0.2, -0.15) is 0 Å². The maximum absolute atomic E-state index is 6.88. The first kappa shape index (κ1) is 8.55. The van der Waals surface area contributed by atoms with E-state index in [1.165, 1.54) is 0 Å². The van der Waals surface area contributed by atoms with E-state index in [4.69, 9.17) is 6.57 Å². The van der Waals surface area contributed by atoms with Crippen molar-refractivity contribution in [1.29, 1.82) is 0 Å². The van der Waals surface area contributed by atoms with Crippen molar-refractivity contribution in [3.8, 4) is 0 Å². The number of rotatable bonds is 1. The van der Waals surface area contributed by atoms with Gasteiger partial charge in [0.2, 0.25) is 6.04 Å². The molecule has 0 bridgehead atoms. The Morgan fingerprint density at radius 3 is 2.27 bits per heavy atom. The van der Waals surface area contributed by atoms with Crippen LogP contribution in [0.4, 0.5) is 0 Å². The molecule has 1 heterocycles. The lowest BCUT2D eigenvalue weighted by Gasteiger charge is -2.30. The first-order chi connectivity index (χ1) is 5.24. The van der Waals surface area contributed by atoms with Gasteiger partial charge in [0.25, 0.3) is 0 Å². The zero-order valence-electron chi connectivity index (χ0n) is 7.38. The van der Waals surface area contributed by atoms with Gasteiger partial charge in [0, 0.05) is 32.0 Å². The van der Waals surface area contributed by atoms with Crippen molar-refractivity contribution in [2.24, 2.45) is 0 Å². The third-order valence-corrected chi connectivity index (χ3v) is 2.41. The van der Waals surface area contributed by atoms with Crippen LogP contribution in [0.5, 0.6) is 0 Å². The van der Waals surface area contributed by atoms with Gasteiger partial charge >= 0.3 is 0 Å². The van der Waals surface area contributed by atoms with Crippen LogP contribution in [-0.2, 0) is 0 Å². The highest BCUT2D eigenvalue weighted by molar-refractivity contribution is 4.85.